The number of fused-ring (bicyclic) bond motifs is 1. The molecule has 0 radical (unpaired) electrons. The van der Waals surface area contributed by atoms with Gasteiger partial charge < -0.3 is 10.3 Å². The summed E-state index contributed by atoms with van der Waals surface area (Å²) in [5.41, 5.74) is 7.90. The summed E-state index contributed by atoms with van der Waals surface area (Å²) >= 11 is 0. The van der Waals surface area contributed by atoms with Crippen molar-refractivity contribution in [3.05, 3.63) is 30.1 Å². The monoisotopic (exact) mass is 260 g/mol. The summed E-state index contributed by atoms with van der Waals surface area (Å²) in [7, 11) is 4.18. The van der Waals surface area contributed by atoms with E-state index in [-0.39, 0.29) is 0 Å². The van der Waals surface area contributed by atoms with Crippen LogP contribution in [0.15, 0.2) is 24.3 Å². The van der Waals surface area contributed by atoms with Crippen LogP contribution in [0.25, 0.3) is 11.0 Å². The number of aromatic nitrogens is 2. The highest BCUT2D eigenvalue weighted by Crippen LogP contribution is 2.23. The molecule has 0 saturated heterocycles. The summed E-state index contributed by atoms with van der Waals surface area (Å²) < 4.78 is 2.34. The number of unbranched alkanes of at least 4 members (excludes halogenated alkanes) is 1. The molecule has 0 aliphatic rings. The molecule has 1 heterocycles. The van der Waals surface area contributed by atoms with Gasteiger partial charge in [0.05, 0.1) is 17.1 Å². The quantitative estimate of drug-likeness (QED) is 0.811. The molecule has 1 aromatic heterocycles. The molecule has 2 N–H and O–H groups in total. The third-order valence-corrected chi connectivity index (χ3v) is 3.67. The summed E-state index contributed by atoms with van der Waals surface area (Å²) in [5.74, 6) is 1.14. The average molecular weight is 260 g/mol. The molecule has 2 rings (SSSR count). The lowest BCUT2D eigenvalue weighted by Gasteiger charge is -2.20. The second-order valence-electron chi connectivity index (χ2n) is 5.25. The number of imidazole rings is 1. The average Bonchev–Trinajstić information content (AvgIpc) is 2.77. The van der Waals surface area contributed by atoms with Crippen LogP contribution in [0, 0.1) is 0 Å². The molecule has 1 atom stereocenters. The minimum Gasteiger partial charge on any atom is -0.330 e. The first-order chi connectivity index (χ1) is 9.15. The molecule has 4 heteroatoms. The van der Waals surface area contributed by atoms with Gasteiger partial charge in [-0.05, 0) is 52.5 Å². The highest BCUT2D eigenvalue weighted by atomic mass is 15.2. The van der Waals surface area contributed by atoms with Gasteiger partial charge in [0.1, 0.15) is 5.82 Å². The van der Waals surface area contributed by atoms with Gasteiger partial charge in [-0.15, -0.1) is 0 Å². The number of rotatable bonds is 6. The Hall–Kier alpha value is -1.39. The van der Waals surface area contributed by atoms with Gasteiger partial charge in [0.15, 0.2) is 0 Å². The van der Waals surface area contributed by atoms with Gasteiger partial charge in [0, 0.05) is 6.54 Å². The molecule has 0 bridgehead atoms. The first-order valence-electron chi connectivity index (χ1n) is 6.96. The molecular formula is C15H24N4. The third-order valence-electron chi connectivity index (χ3n) is 3.67. The Morgan fingerprint density at radius 2 is 2.00 bits per heavy atom. The van der Waals surface area contributed by atoms with Crippen LogP contribution in [0.4, 0.5) is 0 Å². The Morgan fingerprint density at radius 3 is 2.68 bits per heavy atom. The summed E-state index contributed by atoms with van der Waals surface area (Å²) in [6, 6.07) is 8.67. The molecule has 19 heavy (non-hydrogen) atoms. The van der Waals surface area contributed by atoms with E-state index in [1.54, 1.807) is 0 Å². The van der Waals surface area contributed by atoms with Gasteiger partial charge in [-0.1, -0.05) is 12.1 Å². The third kappa shape index (κ3) is 2.96. The summed E-state index contributed by atoms with van der Waals surface area (Å²) in [6.45, 7) is 3.94. The van der Waals surface area contributed by atoms with Crippen molar-refractivity contribution in [2.45, 2.75) is 32.4 Å². The number of hydrogen-bond acceptors (Lipinski definition) is 3. The summed E-state index contributed by atoms with van der Waals surface area (Å²) in [4.78, 5) is 7.00. The van der Waals surface area contributed by atoms with Crippen molar-refractivity contribution in [2.75, 3.05) is 20.6 Å². The summed E-state index contributed by atoms with van der Waals surface area (Å²) in [6.07, 6.45) is 2.16. The molecule has 0 amide bonds. The Morgan fingerprint density at radius 1 is 1.26 bits per heavy atom. The van der Waals surface area contributed by atoms with Crippen LogP contribution >= 0.6 is 0 Å². The fraction of sp³-hybridized carbons (Fsp3) is 0.533. The molecule has 0 aliphatic carbocycles. The van der Waals surface area contributed by atoms with Crippen LogP contribution in [0.5, 0.6) is 0 Å². The zero-order valence-electron chi connectivity index (χ0n) is 12.1. The van der Waals surface area contributed by atoms with E-state index in [9.17, 15) is 0 Å². The standard InChI is InChI=1S/C15H24N4/c1-12(18(2)3)15-17-13-8-4-5-9-14(13)19(15)11-7-6-10-16/h4-5,8-9,12H,6-7,10-11,16H2,1-3H3. The van der Waals surface area contributed by atoms with Crippen LogP contribution in [0.2, 0.25) is 0 Å². The van der Waals surface area contributed by atoms with Crippen molar-refractivity contribution in [1.29, 1.82) is 0 Å². The lowest BCUT2D eigenvalue weighted by atomic mass is 10.2. The molecule has 0 aliphatic heterocycles. The number of benzene rings is 1. The largest absolute Gasteiger partial charge is 0.330 e. The van der Waals surface area contributed by atoms with Crippen LogP contribution in [0.3, 0.4) is 0 Å². The van der Waals surface area contributed by atoms with Crippen molar-refractivity contribution in [3.63, 3.8) is 0 Å². The highest BCUT2D eigenvalue weighted by Gasteiger charge is 2.17. The Balaban J connectivity index is 2.40. The molecule has 1 unspecified atom stereocenters. The topological polar surface area (TPSA) is 47.1 Å². The van der Waals surface area contributed by atoms with Gasteiger partial charge in [-0.3, -0.25) is 4.90 Å². The first-order valence-corrected chi connectivity index (χ1v) is 6.96. The minimum atomic E-state index is 0.310. The fourth-order valence-electron chi connectivity index (χ4n) is 2.29. The molecule has 2 aromatic rings. The Kier molecular flexibility index (Phi) is 4.56. The molecule has 104 valence electrons. The van der Waals surface area contributed by atoms with E-state index in [1.807, 2.05) is 6.07 Å². The van der Waals surface area contributed by atoms with E-state index in [2.05, 4.69) is 48.7 Å². The number of nitrogens with two attached hydrogens (primary N) is 1. The zero-order chi connectivity index (χ0) is 13.8. The molecule has 1 aromatic carbocycles. The van der Waals surface area contributed by atoms with E-state index < -0.39 is 0 Å². The van der Waals surface area contributed by atoms with Crippen LogP contribution in [-0.4, -0.2) is 35.1 Å². The van der Waals surface area contributed by atoms with Gasteiger partial charge in [0.25, 0.3) is 0 Å². The highest BCUT2D eigenvalue weighted by molar-refractivity contribution is 5.76. The number of para-hydroxylation sites is 2. The predicted molar refractivity (Wildman–Crippen MR) is 80.1 cm³/mol. The van der Waals surface area contributed by atoms with Crippen LogP contribution < -0.4 is 5.73 Å². The molecule has 0 saturated carbocycles. The van der Waals surface area contributed by atoms with Gasteiger partial charge in [-0.25, -0.2) is 4.98 Å². The van der Waals surface area contributed by atoms with Gasteiger partial charge in [0.2, 0.25) is 0 Å². The van der Waals surface area contributed by atoms with E-state index in [0.717, 1.165) is 37.3 Å². The number of aryl methyl sites for hydroxylation is 1. The van der Waals surface area contributed by atoms with Crippen molar-refractivity contribution in [1.82, 2.24) is 14.5 Å². The Labute approximate surface area is 115 Å². The van der Waals surface area contributed by atoms with E-state index in [4.69, 9.17) is 10.7 Å². The molecule has 4 nitrogen and oxygen atoms in total. The zero-order valence-corrected chi connectivity index (χ0v) is 12.1. The van der Waals surface area contributed by atoms with E-state index in [1.165, 1.54) is 5.52 Å². The van der Waals surface area contributed by atoms with E-state index in [0.29, 0.717) is 6.04 Å². The second-order valence-corrected chi connectivity index (χ2v) is 5.25. The SMILES string of the molecule is CC(c1nc2ccccc2n1CCCCN)N(C)C. The smallest absolute Gasteiger partial charge is 0.126 e. The van der Waals surface area contributed by atoms with Crippen LogP contribution in [0.1, 0.15) is 31.6 Å². The van der Waals surface area contributed by atoms with Gasteiger partial charge >= 0.3 is 0 Å². The molecule has 0 fully saturated rings. The second kappa shape index (κ2) is 6.17. The molecule has 0 spiro atoms. The fourth-order valence-corrected chi connectivity index (χ4v) is 2.29. The number of hydrogen-bond donors (Lipinski definition) is 1. The first kappa shape index (κ1) is 14.0. The van der Waals surface area contributed by atoms with Gasteiger partial charge in [-0.2, -0.15) is 0 Å². The van der Waals surface area contributed by atoms with Crippen LogP contribution in [-0.2, 0) is 6.54 Å². The van der Waals surface area contributed by atoms with Crippen molar-refractivity contribution in [3.8, 4) is 0 Å². The summed E-state index contributed by atoms with van der Waals surface area (Å²) in [5, 5.41) is 0. The minimum absolute atomic E-state index is 0.310. The maximum atomic E-state index is 5.59. The maximum absolute atomic E-state index is 5.59. The normalized spacial score (nSPS) is 13.3. The number of nitrogens with zero attached hydrogens (tertiary/aromatic N) is 3. The lowest BCUT2D eigenvalue weighted by Crippen LogP contribution is -2.21. The van der Waals surface area contributed by atoms with Crippen molar-refractivity contribution in [2.24, 2.45) is 5.73 Å². The van der Waals surface area contributed by atoms with E-state index >= 15 is 0 Å². The predicted octanol–water partition coefficient (Wildman–Crippen LogP) is 2.40. The maximum Gasteiger partial charge on any atom is 0.126 e. The lowest BCUT2D eigenvalue weighted by molar-refractivity contribution is 0.301. The van der Waals surface area contributed by atoms with Crippen molar-refractivity contribution < 1.29 is 0 Å². The Bertz CT molecular complexity index is 530. The van der Waals surface area contributed by atoms with Crippen molar-refractivity contribution >= 4 is 11.0 Å². The molecular weight excluding hydrogens is 236 g/mol.